The Morgan fingerprint density at radius 1 is 0.806 bits per heavy atom. The van der Waals surface area contributed by atoms with Gasteiger partial charge in [-0.3, -0.25) is 0 Å². The molecular formula is C33H31NS2. The van der Waals surface area contributed by atoms with Gasteiger partial charge in [0.2, 0.25) is 0 Å². The molecule has 0 radical (unpaired) electrons. The van der Waals surface area contributed by atoms with Crippen molar-refractivity contribution in [2.75, 3.05) is 0 Å². The summed E-state index contributed by atoms with van der Waals surface area (Å²) >= 11 is 3.65. The summed E-state index contributed by atoms with van der Waals surface area (Å²) in [4.78, 5) is 7.71. The average Bonchev–Trinajstić information content (AvgIpc) is 3.47. The van der Waals surface area contributed by atoms with Gasteiger partial charge in [-0.1, -0.05) is 65.0 Å². The first-order chi connectivity index (χ1) is 17.3. The second kappa shape index (κ2) is 8.83. The van der Waals surface area contributed by atoms with Gasteiger partial charge < -0.3 is 0 Å². The second-order valence-corrected chi connectivity index (χ2v) is 13.3. The third kappa shape index (κ3) is 4.25. The zero-order chi connectivity index (χ0) is 25.0. The fourth-order valence-electron chi connectivity index (χ4n) is 5.18. The lowest BCUT2D eigenvalue weighted by Crippen LogP contribution is -2.12. The molecule has 36 heavy (non-hydrogen) atoms. The van der Waals surface area contributed by atoms with Crippen LogP contribution < -0.4 is 0 Å². The van der Waals surface area contributed by atoms with Crippen LogP contribution in [0.1, 0.15) is 45.1 Å². The van der Waals surface area contributed by atoms with E-state index in [4.69, 9.17) is 4.98 Å². The SMILES string of the molecule is CC(C)Cc1cc2cc(-c3cc(-c4cc(C(C)(C)C)c5ccccc5c4)nc4sccc34)ccc2s1. The van der Waals surface area contributed by atoms with Gasteiger partial charge in [0.25, 0.3) is 0 Å². The van der Waals surface area contributed by atoms with Crippen LogP contribution in [0.5, 0.6) is 0 Å². The summed E-state index contributed by atoms with van der Waals surface area (Å²) in [5, 5.41) is 7.34. The molecule has 0 saturated carbocycles. The van der Waals surface area contributed by atoms with Gasteiger partial charge in [-0.25, -0.2) is 4.98 Å². The summed E-state index contributed by atoms with van der Waals surface area (Å²) in [7, 11) is 0. The van der Waals surface area contributed by atoms with E-state index in [1.807, 2.05) is 11.3 Å². The Bertz CT molecular complexity index is 1730. The Morgan fingerprint density at radius 3 is 2.42 bits per heavy atom. The number of benzene rings is 3. The van der Waals surface area contributed by atoms with Crippen molar-refractivity contribution < 1.29 is 0 Å². The lowest BCUT2D eigenvalue weighted by atomic mass is 9.82. The Labute approximate surface area is 221 Å². The van der Waals surface area contributed by atoms with Crippen LogP contribution in [0.3, 0.4) is 0 Å². The van der Waals surface area contributed by atoms with Gasteiger partial charge in [0.1, 0.15) is 4.83 Å². The molecule has 3 heteroatoms. The molecule has 0 aliphatic heterocycles. The summed E-state index contributed by atoms with van der Waals surface area (Å²) in [5.41, 5.74) is 6.17. The van der Waals surface area contributed by atoms with E-state index in [1.165, 1.54) is 53.4 Å². The summed E-state index contributed by atoms with van der Waals surface area (Å²) in [6, 6.07) is 27.2. The van der Waals surface area contributed by atoms with Crippen molar-refractivity contribution in [2.24, 2.45) is 5.92 Å². The molecule has 3 aromatic carbocycles. The maximum Gasteiger partial charge on any atom is 0.124 e. The quantitative estimate of drug-likeness (QED) is 0.232. The smallest absolute Gasteiger partial charge is 0.124 e. The first kappa shape index (κ1) is 23.4. The van der Waals surface area contributed by atoms with Crippen LogP contribution in [0.2, 0.25) is 0 Å². The van der Waals surface area contributed by atoms with Gasteiger partial charge >= 0.3 is 0 Å². The molecule has 0 amide bonds. The molecule has 6 rings (SSSR count). The van der Waals surface area contributed by atoms with Gasteiger partial charge in [0, 0.05) is 20.5 Å². The van der Waals surface area contributed by atoms with E-state index in [0.717, 1.165) is 16.9 Å². The lowest BCUT2D eigenvalue weighted by Gasteiger charge is -2.23. The third-order valence-electron chi connectivity index (χ3n) is 6.89. The van der Waals surface area contributed by atoms with Gasteiger partial charge in [0.05, 0.1) is 5.69 Å². The minimum Gasteiger partial charge on any atom is -0.237 e. The molecule has 3 heterocycles. The van der Waals surface area contributed by atoms with E-state index in [0.29, 0.717) is 5.92 Å². The molecule has 0 saturated heterocycles. The van der Waals surface area contributed by atoms with Crippen molar-refractivity contribution >= 4 is 53.7 Å². The molecule has 0 bridgehead atoms. The van der Waals surface area contributed by atoms with E-state index in [1.54, 1.807) is 11.3 Å². The molecule has 1 nitrogen and oxygen atoms in total. The number of hydrogen-bond acceptors (Lipinski definition) is 3. The minimum atomic E-state index is 0.0448. The number of pyridine rings is 1. The van der Waals surface area contributed by atoms with Crippen LogP contribution in [0, 0.1) is 5.92 Å². The number of fused-ring (bicyclic) bond motifs is 3. The summed E-state index contributed by atoms with van der Waals surface area (Å²) < 4.78 is 1.37. The molecule has 0 unspecified atom stereocenters. The highest BCUT2D eigenvalue weighted by atomic mass is 32.1. The summed E-state index contributed by atoms with van der Waals surface area (Å²) in [6.45, 7) is 11.5. The van der Waals surface area contributed by atoms with Crippen LogP contribution in [-0.4, -0.2) is 4.98 Å². The number of hydrogen-bond donors (Lipinski definition) is 0. The molecule has 3 aromatic heterocycles. The van der Waals surface area contributed by atoms with E-state index in [2.05, 4.69) is 113 Å². The van der Waals surface area contributed by atoms with Crippen molar-refractivity contribution in [3.63, 3.8) is 0 Å². The van der Waals surface area contributed by atoms with Gasteiger partial charge in [-0.15, -0.1) is 22.7 Å². The van der Waals surface area contributed by atoms with Crippen molar-refractivity contribution in [1.82, 2.24) is 4.98 Å². The largest absolute Gasteiger partial charge is 0.237 e. The zero-order valence-corrected chi connectivity index (χ0v) is 23.2. The van der Waals surface area contributed by atoms with Crippen molar-refractivity contribution in [1.29, 1.82) is 0 Å². The van der Waals surface area contributed by atoms with Crippen molar-refractivity contribution in [3.05, 3.63) is 88.6 Å². The minimum absolute atomic E-state index is 0.0448. The summed E-state index contributed by atoms with van der Waals surface area (Å²) in [5.74, 6) is 0.672. The van der Waals surface area contributed by atoms with Gasteiger partial charge in [0.15, 0.2) is 0 Å². The predicted molar refractivity (Wildman–Crippen MR) is 161 cm³/mol. The van der Waals surface area contributed by atoms with E-state index in [9.17, 15) is 0 Å². The molecule has 0 N–H and O–H groups in total. The number of rotatable bonds is 4. The first-order valence-corrected chi connectivity index (χ1v) is 14.4. The molecule has 0 aliphatic rings. The Kier molecular flexibility index (Phi) is 5.74. The standard InChI is InChI=1S/C33H31NS2/c1-20(2)14-25-17-24-16-22(10-11-31(24)36-25)28-19-30(34-32-27(28)12-13-35-32)23-15-21-8-6-7-9-26(21)29(18-23)33(3,4)5/h6-13,15-20H,14H2,1-5H3. The normalized spacial score (nSPS) is 12.4. The highest BCUT2D eigenvalue weighted by Gasteiger charge is 2.19. The summed E-state index contributed by atoms with van der Waals surface area (Å²) in [6.07, 6.45) is 1.14. The van der Waals surface area contributed by atoms with Gasteiger partial charge in [-0.05, 0) is 98.4 Å². The highest BCUT2D eigenvalue weighted by molar-refractivity contribution is 7.19. The van der Waals surface area contributed by atoms with E-state index in [-0.39, 0.29) is 5.41 Å². The molecule has 0 atom stereocenters. The van der Waals surface area contributed by atoms with Gasteiger partial charge in [-0.2, -0.15) is 0 Å². The zero-order valence-electron chi connectivity index (χ0n) is 21.6. The molecule has 180 valence electrons. The Morgan fingerprint density at radius 2 is 1.61 bits per heavy atom. The number of thiophene rings is 2. The molecule has 0 aliphatic carbocycles. The average molecular weight is 506 g/mol. The molecule has 6 aromatic rings. The topological polar surface area (TPSA) is 12.9 Å². The van der Waals surface area contributed by atoms with E-state index < -0.39 is 0 Å². The highest BCUT2D eigenvalue weighted by Crippen LogP contribution is 2.39. The Hall–Kier alpha value is -3.01. The Balaban J connectivity index is 1.54. The van der Waals surface area contributed by atoms with Crippen molar-refractivity contribution in [2.45, 2.75) is 46.5 Å². The molecular weight excluding hydrogens is 475 g/mol. The third-order valence-corrected chi connectivity index (χ3v) is 8.84. The molecule has 0 fully saturated rings. The monoisotopic (exact) mass is 505 g/mol. The fraction of sp³-hybridized carbons (Fsp3) is 0.242. The maximum atomic E-state index is 5.14. The van der Waals surface area contributed by atoms with Crippen LogP contribution in [0.25, 0.3) is 53.5 Å². The van der Waals surface area contributed by atoms with E-state index >= 15 is 0 Å². The number of nitrogens with zero attached hydrogens (tertiary/aromatic N) is 1. The van der Waals surface area contributed by atoms with Crippen LogP contribution in [0.4, 0.5) is 0 Å². The second-order valence-electron chi connectivity index (χ2n) is 11.3. The predicted octanol–water partition coefficient (Wildman–Crippen LogP) is 10.5. The lowest BCUT2D eigenvalue weighted by molar-refractivity contribution is 0.596. The number of aromatic nitrogens is 1. The van der Waals surface area contributed by atoms with Crippen LogP contribution in [-0.2, 0) is 11.8 Å². The molecule has 0 spiro atoms. The first-order valence-electron chi connectivity index (χ1n) is 12.7. The van der Waals surface area contributed by atoms with Crippen LogP contribution in [0.15, 0.2) is 78.2 Å². The van der Waals surface area contributed by atoms with Crippen LogP contribution >= 0.6 is 22.7 Å². The fourth-order valence-corrected chi connectivity index (χ4v) is 7.23. The maximum absolute atomic E-state index is 5.14. The van der Waals surface area contributed by atoms with Crippen molar-refractivity contribution in [3.8, 4) is 22.4 Å².